The number of aliphatic hydroxyl groups is 1. The van der Waals surface area contributed by atoms with Crippen LogP contribution in [0.25, 0.3) is 0 Å². The second-order valence-electron chi connectivity index (χ2n) is 6.00. The standard InChI is InChI=1S/C14H26N2O4/c1-10(2)16-8-11(7-12(16)17)13(18)15-9-14(3,19)5-6-20-4/h10-11,19H,5-9H2,1-4H3,(H,15,18). The summed E-state index contributed by atoms with van der Waals surface area (Å²) in [6.07, 6.45) is 0.704. The molecule has 1 aliphatic heterocycles. The number of nitrogens with one attached hydrogen (secondary N) is 1. The van der Waals surface area contributed by atoms with Gasteiger partial charge in [0.1, 0.15) is 0 Å². The van der Waals surface area contributed by atoms with Gasteiger partial charge in [-0.2, -0.15) is 0 Å². The van der Waals surface area contributed by atoms with Crippen molar-refractivity contribution in [3.05, 3.63) is 0 Å². The van der Waals surface area contributed by atoms with E-state index in [9.17, 15) is 14.7 Å². The van der Waals surface area contributed by atoms with Crippen molar-refractivity contribution >= 4 is 11.8 Å². The van der Waals surface area contributed by atoms with Crippen LogP contribution in [0.3, 0.4) is 0 Å². The van der Waals surface area contributed by atoms with Crippen LogP contribution in [0, 0.1) is 5.92 Å². The second kappa shape index (κ2) is 7.04. The van der Waals surface area contributed by atoms with Crippen LogP contribution < -0.4 is 5.32 Å². The summed E-state index contributed by atoms with van der Waals surface area (Å²) >= 11 is 0. The maximum absolute atomic E-state index is 12.0. The van der Waals surface area contributed by atoms with E-state index in [0.717, 1.165) is 0 Å². The fourth-order valence-corrected chi connectivity index (χ4v) is 2.24. The third kappa shape index (κ3) is 4.76. The first-order valence-electron chi connectivity index (χ1n) is 7.05. The number of carbonyl (C=O) groups excluding carboxylic acids is 2. The summed E-state index contributed by atoms with van der Waals surface area (Å²) in [4.78, 5) is 25.5. The normalized spacial score (nSPS) is 22.2. The molecular formula is C14H26N2O4. The van der Waals surface area contributed by atoms with Gasteiger partial charge in [-0.05, 0) is 20.8 Å². The molecule has 0 saturated carbocycles. The van der Waals surface area contributed by atoms with Gasteiger partial charge in [-0.15, -0.1) is 0 Å². The van der Waals surface area contributed by atoms with Gasteiger partial charge in [-0.1, -0.05) is 0 Å². The summed E-state index contributed by atoms with van der Waals surface area (Å²) in [5, 5.41) is 12.8. The molecule has 2 atom stereocenters. The van der Waals surface area contributed by atoms with Gasteiger partial charge in [0.05, 0.1) is 11.5 Å². The topological polar surface area (TPSA) is 78.9 Å². The number of methoxy groups -OCH3 is 1. The minimum Gasteiger partial charge on any atom is -0.388 e. The summed E-state index contributed by atoms with van der Waals surface area (Å²) in [5.41, 5.74) is -0.994. The lowest BCUT2D eigenvalue weighted by Crippen LogP contribution is -2.44. The number of hydrogen-bond donors (Lipinski definition) is 2. The molecule has 0 spiro atoms. The third-order valence-electron chi connectivity index (χ3n) is 3.64. The average Bonchev–Trinajstić information content (AvgIpc) is 2.76. The zero-order valence-electron chi connectivity index (χ0n) is 12.8. The molecule has 1 fully saturated rings. The Morgan fingerprint density at radius 3 is 2.75 bits per heavy atom. The Kier molecular flexibility index (Phi) is 5.95. The largest absolute Gasteiger partial charge is 0.388 e. The summed E-state index contributed by atoms with van der Waals surface area (Å²) in [7, 11) is 1.57. The van der Waals surface area contributed by atoms with Crippen molar-refractivity contribution in [2.24, 2.45) is 5.92 Å². The van der Waals surface area contributed by atoms with E-state index in [1.54, 1.807) is 18.9 Å². The monoisotopic (exact) mass is 286 g/mol. The van der Waals surface area contributed by atoms with Crippen LogP contribution in [0.1, 0.15) is 33.6 Å². The maximum Gasteiger partial charge on any atom is 0.225 e. The number of amides is 2. The van der Waals surface area contributed by atoms with Gasteiger partial charge in [0.15, 0.2) is 0 Å². The molecule has 0 radical (unpaired) electrons. The lowest BCUT2D eigenvalue weighted by Gasteiger charge is -2.24. The van der Waals surface area contributed by atoms with Gasteiger partial charge in [0.25, 0.3) is 0 Å². The van der Waals surface area contributed by atoms with Crippen LogP contribution in [0.2, 0.25) is 0 Å². The molecule has 20 heavy (non-hydrogen) atoms. The Morgan fingerprint density at radius 1 is 1.60 bits per heavy atom. The first kappa shape index (κ1) is 16.9. The first-order valence-corrected chi connectivity index (χ1v) is 7.05. The summed E-state index contributed by atoms with van der Waals surface area (Å²) in [5.74, 6) is -0.464. The quantitative estimate of drug-likeness (QED) is 0.698. The number of likely N-dealkylation sites (tertiary alicyclic amines) is 1. The van der Waals surface area contributed by atoms with Crippen molar-refractivity contribution in [1.82, 2.24) is 10.2 Å². The molecule has 0 aliphatic carbocycles. The number of nitrogens with zero attached hydrogens (tertiary/aromatic N) is 1. The van der Waals surface area contributed by atoms with Crippen LogP contribution in [0.4, 0.5) is 0 Å². The van der Waals surface area contributed by atoms with Crippen LogP contribution >= 0.6 is 0 Å². The van der Waals surface area contributed by atoms with E-state index in [1.165, 1.54) is 0 Å². The second-order valence-corrected chi connectivity index (χ2v) is 6.00. The third-order valence-corrected chi connectivity index (χ3v) is 3.64. The van der Waals surface area contributed by atoms with Crippen molar-refractivity contribution < 1.29 is 19.4 Å². The van der Waals surface area contributed by atoms with E-state index in [2.05, 4.69) is 5.32 Å². The number of ether oxygens (including phenoxy) is 1. The van der Waals surface area contributed by atoms with Crippen molar-refractivity contribution in [3.8, 4) is 0 Å². The Morgan fingerprint density at radius 2 is 2.25 bits per heavy atom. The SMILES string of the molecule is COCCC(C)(O)CNC(=O)C1CC(=O)N(C(C)C)C1. The molecule has 2 N–H and O–H groups in total. The summed E-state index contributed by atoms with van der Waals surface area (Å²) < 4.78 is 4.91. The molecule has 2 amide bonds. The van der Waals surface area contributed by atoms with Crippen molar-refractivity contribution in [2.45, 2.75) is 45.3 Å². The minimum absolute atomic E-state index is 0.0197. The number of hydrogen-bond acceptors (Lipinski definition) is 4. The highest BCUT2D eigenvalue weighted by atomic mass is 16.5. The number of carbonyl (C=O) groups is 2. The fraction of sp³-hybridized carbons (Fsp3) is 0.857. The van der Waals surface area contributed by atoms with Gasteiger partial charge < -0.3 is 20.1 Å². The van der Waals surface area contributed by atoms with E-state index in [1.807, 2.05) is 13.8 Å². The zero-order valence-corrected chi connectivity index (χ0v) is 12.8. The summed E-state index contributed by atoms with van der Waals surface area (Å²) in [6, 6.07) is 0.116. The molecule has 0 aromatic rings. The Labute approximate surface area is 120 Å². The van der Waals surface area contributed by atoms with Gasteiger partial charge in [0.2, 0.25) is 11.8 Å². The van der Waals surface area contributed by atoms with Crippen LogP contribution in [0.5, 0.6) is 0 Å². The maximum atomic E-state index is 12.0. The van der Waals surface area contributed by atoms with Crippen LogP contribution in [-0.2, 0) is 14.3 Å². The zero-order chi connectivity index (χ0) is 15.3. The fourth-order valence-electron chi connectivity index (χ4n) is 2.24. The molecule has 2 unspecified atom stereocenters. The van der Waals surface area contributed by atoms with E-state index in [-0.39, 0.29) is 36.7 Å². The molecular weight excluding hydrogens is 260 g/mol. The molecule has 116 valence electrons. The molecule has 0 aromatic heterocycles. The van der Waals surface area contributed by atoms with Gasteiger partial charge in [0, 0.05) is 45.7 Å². The Hall–Kier alpha value is -1.14. The minimum atomic E-state index is -0.994. The molecule has 1 aliphatic rings. The molecule has 0 aromatic carbocycles. The lowest BCUT2D eigenvalue weighted by molar-refractivity contribution is -0.130. The van der Waals surface area contributed by atoms with E-state index >= 15 is 0 Å². The Bertz CT molecular complexity index is 355. The van der Waals surface area contributed by atoms with Crippen molar-refractivity contribution in [2.75, 3.05) is 26.8 Å². The van der Waals surface area contributed by atoms with Crippen molar-refractivity contribution in [1.29, 1.82) is 0 Å². The highest BCUT2D eigenvalue weighted by molar-refractivity contribution is 5.89. The Balaban J connectivity index is 2.42. The van der Waals surface area contributed by atoms with Crippen molar-refractivity contribution in [3.63, 3.8) is 0 Å². The summed E-state index contributed by atoms with van der Waals surface area (Å²) in [6.45, 7) is 6.60. The highest BCUT2D eigenvalue weighted by Gasteiger charge is 2.35. The first-order chi connectivity index (χ1) is 9.26. The van der Waals surface area contributed by atoms with Gasteiger partial charge in [-0.25, -0.2) is 0 Å². The average molecular weight is 286 g/mol. The number of rotatable bonds is 7. The predicted octanol–water partition coefficient (Wildman–Crippen LogP) is 0.147. The van der Waals surface area contributed by atoms with E-state index < -0.39 is 5.60 Å². The van der Waals surface area contributed by atoms with Gasteiger partial charge in [-0.3, -0.25) is 9.59 Å². The molecule has 1 rings (SSSR count). The van der Waals surface area contributed by atoms with E-state index in [4.69, 9.17) is 4.74 Å². The smallest absolute Gasteiger partial charge is 0.225 e. The lowest BCUT2D eigenvalue weighted by atomic mass is 10.0. The molecule has 0 bridgehead atoms. The predicted molar refractivity (Wildman–Crippen MR) is 75.1 cm³/mol. The molecule has 6 heteroatoms. The van der Waals surface area contributed by atoms with E-state index in [0.29, 0.717) is 19.6 Å². The van der Waals surface area contributed by atoms with Crippen LogP contribution in [-0.4, -0.2) is 60.3 Å². The molecule has 6 nitrogen and oxygen atoms in total. The highest BCUT2D eigenvalue weighted by Crippen LogP contribution is 2.20. The molecule has 1 heterocycles. The van der Waals surface area contributed by atoms with Gasteiger partial charge >= 0.3 is 0 Å². The molecule has 1 saturated heterocycles. The van der Waals surface area contributed by atoms with Crippen LogP contribution in [0.15, 0.2) is 0 Å².